The van der Waals surface area contributed by atoms with Crippen molar-refractivity contribution in [3.05, 3.63) is 41.7 Å². The SMILES string of the molecule is CNC(=O)Oc1c(-c2ccc(F)cc2)oc2nc3c(cc12)CCCCCCN3S(C)(=O)=O. The van der Waals surface area contributed by atoms with Gasteiger partial charge in [0, 0.05) is 19.2 Å². The lowest BCUT2D eigenvalue weighted by Gasteiger charge is -2.22. The lowest BCUT2D eigenvalue weighted by Crippen LogP contribution is -2.32. The zero-order valence-corrected chi connectivity index (χ0v) is 18.7. The van der Waals surface area contributed by atoms with E-state index in [9.17, 15) is 17.6 Å². The number of hydrogen-bond donors (Lipinski definition) is 1. The third-order valence-electron chi connectivity index (χ3n) is 5.39. The summed E-state index contributed by atoms with van der Waals surface area (Å²) in [5.41, 5.74) is 1.36. The van der Waals surface area contributed by atoms with E-state index in [0.29, 0.717) is 29.7 Å². The third-order valence-corrected chi connectivity index (χ3v) is 6.55. The number of nitrogens with zero attached hydrogens (tertiary/aromatic N) is 2. The molecule has 8 nitrogen and oxygen atoms in total. The molecule has 170 valence electrons. The van der Waals surface area contributed by atoms with E-state index in [1.54, 1.807) is 6.07 Å². The van der Waals surface area contributed by atoms with Crippen LogP contribution in [-0.4, -0.2) is 39.3 Å². The van der Waals surface area contributed by atoms with Gasteiger partial charge < -0.3 is 14.5 Å². The predicted molar refractivity (Wildman–Crippen MR) is 119 cm³/mol. The highest BCUT2D eigenvalue weighted by atomic mass is 32.2. The molecule has 1 amide bonds. The summed E-state index contributed by atoms with van der Waals surface area (Å²) < 4.78 is 51.2. The fourth-order valence-corrected chi connectivity index (χ4v) is 4.76. The Bertz CT molecular complexity index is 1250. The Morgan fingerprint density at radius 1 is 1.19 bits per heavy atom. The molecule has 0 radical (unpaired) electrons. The Morgan fingerprint density at radius 3 is 2.59 bits per heavy atom. The van der Waals surface area contributed by atoms with Crippen molar-refractivity contribution in [1.29, 1.82) is 0 Å². The van der Waals surface area contributed by atoms with Gasteiger partial charge in [-0.3, -0.25) is 4.31 Å². The van der Waals surface area contributed by atoms with Crippen molar-refractivity contribution in [2.75, 3.05) is 24.2 Å². The normalized spacial score (nSPS) is 14.9. The minimum absolute atomic E-state index is 0.134. The van der Waals surface area contributed by atoms with Crippen LogP contribution in [0.1, 0.15) is 31.2 Å². The molecule has 3 heterocycles. The quantitative estimate of drug-likeness (QED) is 0.626. The number of fused-ring (bicyclic) bond motifs is 2. The number of halogens is 1. The van der Waals surface area contributed by atoms with Crippen LogP contribution in [0.15, 0.2) is 34.7 Å². The van der Waals surface area contributed by atoms with Crippen molar-refractivity contribution in [2.24, 2.45) is 0 Å². The Kier molecular flexibility index (Phi) is 6.05. The summed E-state index contributed by atoms with van der Waals surface area (Å²) in [6.07, 6.45) is 4.60. The van der Waals surface area contributed by atoms with E-state index in [1.807, 2.05) is 0 Å². The summed E-state index contributed by atoms with van der Waals surface area (Å²) in [6.45, 7) is 0.331. The highest BCUT2D eigenvalue weighted by molar-refractivity contribution is 7.92. The highest BCUT2D eigenvalue weighted by Gasteiger charge is 2.27. The first-order valence-corrected chi connectivity index (χ1v) is 12.2. The number of benzene rings is 1. The van der Waals surface area contributed by atoms with Gasteiger partial charge in [-0.1, -0.05) is 12.8 Å². The minimum Gasteiger partial charge on any atom is -0.434 e. The standard InChI is InChI=1S/C22H24FN3O5S/c1-24-22(27)31-19-17-13-15-7-5-3-4-6-12-26(32(2,28)29)20(15)25-21(17)30-18(19)14-8-10-16(23)11-9-14/h8-11,13H,3-7,12H2,1-2H3,(H,24,27). The van der Waals surface area contributed by atoms with E-state index in [-0.39, 0.29) is 17.2 Å². The zero-order chi connectivity index (χ0) is 22.9. The van der Waals surface area contributed by atoms with E-state index < -0.39 is 21.9 Å². The van der Waals surface area contributed by atoms with E-state index >= 15 is 0 Å². The van der Waals surface area contributed by atoms with Gasteiger partial charge in [0.15, 0.2) is 11.5 Å². The molecule has 4 rings (SSSR count). The van der Waals surface area contributed by atoms with Gasteiger partial charge in [-0.15, -0.1) is 0 Å². The molecule has 10 heteroatoms. The number of carbonyl (C=O) groups excluding carboxylic acids is 1. The number of aromatic nitrogens is 1. The van der Waals surface area contributed by atoms with Crippen molar-refractivity contribution in [1.82, 2.24) is 10.3 Å². The molecule has 0 fully saturated rings. The second-order valence-electron chi connectivity index (χ2n) is 7.73. The first-order chi connectivity index (χ1) is 15.3. The number of furan rings is 1. The van der Waals surface area contributed by atoms with Crippen LogP contribution in [0.2, 0.25) is 0 Å². The third kappa shape index (κ3) is 4.40. The van der Waals surface area contributed by atoms with Crippen LogP contribution in [0.25, 0.3) is 22.4 Å². The van der Waals surface area contributed by atoms with Gasteiger partial charge >= 0.3 is 6.09 Å². The summed E-state index contributed by atoms with van der Waals surface area (Å²) in [5.74, 6) is 0.261. The molecule has 1 N–H and O–H groups in total. The summed E-state index contributed by atoms with van der Waals surface area (Å²) in [4.78, 5) is 16.6. The zero-order valence-electron chi connectivity index (χ0n) is 17.9. The number of anilines is 1. The van der Waals surface area contributed by atoms with Gasteiger partial charge in [0.05, 0.1) is 11.6 Å². The molecule has 0 bridgehead atoms. The monoisotopic (exact) mass is 461 g/mol. The Hall–Kier alpha value is -3.14. The minimum atomic E-state index is -3.55. The number of amides is 1. The second-order valence-corrected chi connectivity index (χ2v) is 9.64. The van der Waals surface area contributed by atoms with E-state index in [4.69, 9.17) is 9.15 Å². The van der Waals surface area contributed by atoms with Gasteiger partial charge in [-0.25, -0.2) is 17.6 Å². The van der Waals surface area contributed by atoms with Crippen molar-refractivity contribution in [2.45, 2.75) is 32.1 Å². The van der Waals surface area contributed by atoms with Crippen LogP contribution in [0.4, 0.5) is 15.0 Å². The molecule has 0 atom stereocenters. The number of hydrogen-bond acceptors (Lipinski definition) is 6. The molecule has 0 saturated carbocycles. The first-order valence-electron chi connectivity index (χ1n) is 10.4. The molecule has 32 heavy (non-hydrogen) atoms. The molecule has 2 aromatic heterocycles. The molecule has 1 aliphatic rings. The number of aryl methyl sites for hydroxylation is 1. The maximum absolute atomic E-state index is 13.4. The van der Waals surface area contributed by atoms with Crippen LogP contribution in [-0.2, 0) is 16.4 Å². The Morgan fingerprint density at radius 2 is 1.91 bits per heavy atom. The fraction of sp³-hybridized carbons (Fsp3) is 0.364. The average Bonchev–Trinajstić information content (AvgIpc) is 3.13. The molecular weight excluding hydrogens is 437 g/mol. The van der Waals surface area contributed by atoms with Gasteiger partial charge in [0.2, 0.25) is 15.7 Å². The van der Waals surface area contributed by atoms with Crippen molar-refractivity contribution < 1.29 is 26.8 Å². The largest absolute Gasteiger partial charge is 0.434 e. The summed E-state index contributed by atoms with van der Waals surface area (Å²) >= 11 is 0. The van der Waals surface area contributed by atoms with E-state index in [0.717, 1.165) is 37.5 Å². The lowest BCUT2D eigenvalue weighted by molar-refractivity contribution is 0.203. The van der Waals surface area contributed by atoms with Crippen LogP contribution in [0, 0.1) is 5.82 Å². The van der Waals surface area contributed by atoms with E-state index in [1.165, 1.54) is 35.6 Å². The number of pyridine rings is 1. The van der Waals surface area contributed by atoms with E-state index in [2.05, 4.69) is 10.3 Å². The summed E-state index contributed by atoms with van der Waals surface area (Å²) in [6, 6.07) is 7.33. The number of rotatable bonds is 3. The predicted octanol–water partition coefficient (Wildman–Crippen LogP) is 4.23. The maximum Gasteiger partial charge on any atom is 0.412 e. The molecule has 0 spiro atoms. The number of sulfonamides is 1. The van der Waals surface area contributed by atoms with Crippen molar-refractivity contribution in [3.8, 4) is 17.1 Å². The molecule has 3 aromatic rings. The van der Waals surface area contributed by atoms with Gasteiger partial charge in [-0.05, 0) is 55.2 Å². The van der Waals surface area contributed by atoms with Crippen LogP contribution < -0.4 is 14.4 Å². The molecule has 1 aromatic carbocycles. The van der Waals surface area contributed by atoms with Crippen LogP contribution >= 0.6 is 0 Å². The lowest BCUT2D eigenvalue weighted by atomic mass is 10.1. The number of ether oxygens (including phenoxy) is 1. The maximum atomic E-state index is 13.4. The van der Waals surface area contributed by atoms with Crippen LogP contribution in [0.5, 0.6) is 5.75 Å². The fourth-order valence-electron chi connectivity index (χ4n) is 3.82. The average molecular weight is 462 g/mol. The molecule has 0 aliphatic carbocycles. The number of nitrogens with one attached hydrogen (secondary N) is 1. The smallest absolute Gasteiger partial charge is 0.412 e. The first kappa shape index (κ1) is 22.1. The second kappa shape index (κ2) is 8.78. The number of carbonyl (C=O) groups is 1. The highest BCUT2D eigenvalue weighted by Crippen LogP contribution is 2.42. The van der Waals surface area contributed by atoms with Crippen molar-refractivity contribution in [3.63, 3.8) is 0 Å². The topological polar surface area (TPSA) is 102 Å². The van der Waals surface area contributed by atoms with Gasteiger partial charge in [-0.2, -0.15) is 4.98 Å². The molecule has 1 aliphatic heterocycles. The Labute approximate surface area is 185 Å². The summed E-state index contributed by atoms with van der Waals surface area (Å²) in [7, 11) is -2.12. The molecule has 0 saturated heterocycles. The van der Waals surface area contributed by atoms with Gasteiger partial charge in [0.1, 0.15) is 11.6 Å². The van der Waals surface area contributed by atoms with Crippen LogP contribution in [0.3, 0.4) is 0 Å². The summed E-state index contributed by atoms with van der Waals surface area (Å²) in [5, 5.41) is 2.84. The van der Waals surface area contributed by atoms with Gasteiger partial charge in [0.25, 0.3) is 0 Å². The Balaban J connectivity index is 1.95. The molecular formula is C22H24FN3O5S. The van der Waals surface area contributed by atoms with Crippen molar-refractivity contribution >= 4 is 33.0 Å². The molecule has 0 unspecified atom stereocenters.